The highest BCUT2D eigenvalue weighted by Crippen LogP contribution is 2.25. The lowest BCUT2D eigenvalue weighted by Gasteiger charge is -2.27. The Balaban J connectivity index is 4.40. The van der Waals surface area contributed by atoms with Gasteiger partial charge in [0.05, 0.1) is 13.7 Å². The Kier molecular flexibility index (Phi) is 6.03. The molecule has 0 heterocycles. The van der Waals surface area contributed by atoms with Gasteiger partial charge in [0.2, 0.25) is 0 Å². The molecule has 0 radical (unpaired) electrons. The molecule has 1 unspecified atom stereocenters. The van der Waals surface area contributed by atoms with E-state index in [1.165, 1.54) is 14.0 Å². The summed E-state index contributed by atoms with van der Waals surface area (Å²) >= 11 is 0. The van der Waals surface area contributed by atoms with E-state index in [4.69, 9.17) is 6.42 Å². The van der Waals surface area contributed by atoms with Gasteiger partial charge in [-0.2, -0.15) is 13.2 Å². The summed E-state index contributed by atoms with van der Waals surface area (Å²) in [5.74, 6) is 1.65. The van der Waals surface area contributed by atoms with Crippen LogP contribution in [0, 0.1) is 12.3 Å². The number of hydrogen-bond acceptors (Lipinski definition) is 3. The molecule has 0 fully saturated rings. The van der Waals surface area contributed by atoms with Crippen molar-refractivity contribution in [3.8, 4) is 12.3 Å². The highest BCUT2D eigenvalue weighted by Gasteiger charge is 2.35. The predicted octanol–water partition coefficient (Wildman–Crippen LogP) is 1.87. The summed E-state index contributed by atoms with van der Waals surface area (Å²) in [5.41, 5.74) is -1.17. The molecule has 0 aromatic rings. The van der Waals surface area contributed by atoms with Crippen molar-refractivity contribution in [1.82, 2.24) is 5.32 Å². The third-order valence-electron chi connectivity index (χ3n) is 2.35. The largest absolute Gasteiger partial charge is 0.468 e. The number of nitrogens with one attached hydrogen (secondary N) is 1. The molecule has 0 aliphatic carbocycles. The Morgan fingerprint density at radius 3 is 2.41 bits per heavy atom. The zero-order valence-corrected chi connectivity index (χ0v) is 9.86. The number of halogens is 3. The fraction of sp³-hybridized carbons (Fsp3) is 0.727. The number of esters is 1. The van der Waals surface area contributed by atoms with Crippen LogP contribution in [0.15, 0.2) is 0 Å². The molecule has 1 N–H and O–H groups in total. The molecule has 0 saturated heterocycles. The second kappa shape index (κ2) is 6.50. The summed E-state index contributed by atoms with van der Waals surface area (Å²) in [4.78, 5) is 11.5. The van der Waals surface area contributed by atoms with Crippen molar-refractivity contribution in [3.63, 3.8) is 0 Å². The fourth-order valence-corrected chi connectivity index (χ4v) is 1.38. The maximum Gasteiger partial charge on any atom is 0.389 e. The minimum Gasteiger partial charge on any atom is -0.468 e. The smallest absolute Gasteiger partial charge is 0.389 e. The molecule has 0 rings (SSSR count). The number of ether oxygens (including phenoxy) is 1. The van der Waals surface area contributed by atoms with E-state index < -0.39 is 24.1 Å². The van der Waals surface area contributed by atoms with Crippen LogP contribution in [0.25, 0.3) is 0 Å². The maximum absolute atomic E-state index is 12.0. The summed E-state index contributed by atoms with van der Waals surface area (Å²) in [5, 5.41) is 2.70. The van der Waals surface area contributed by atoms with Crippen LogP contribution in [0.3, 0.4) is 0 Å². The van der Waals surface area contributed by atoms with E-state index in [0.29, 0.717) is 0 Å². The van der Waals surface area contributed by atoms with Crippen molar-refractivity contribution in [1.29, 1.82) is 0 Å². The van der Waals surface area contributed by atoms with Crippen LogP contribution in [0.5, 0.6) is 0 Å². The SMILES string of the molecule is C#CCNC(C)(CCCC(F)(F)F)C(=O)OC. The van der Waals surface area contributed by atoms with Crippen LogP contribution in [0.4, 0.5) is 13.2 Å². The standard InChI is InChI=1S/C11H16F3NO2/c1-4-8-15-10(2,9(16)17-3)6-5-7-11(12,13)14/h1,15H,5-8H2,2-3H3. The summed E-state index contributed by atoms with van der Waals surface area (Å²) in [7, 11) is 1.18. The average Bonchev–Trinajstić information content (AvgIpc) is 2.23. The number of hydrogen-bond donors (Lipinski definition) is 1. The van der Waals surface area contributed by atoms with Gasteiger partial charge in [0, 0.05) is 6.42 Å². The van der Waals surface area contributed by atoms with Gasteiger partial charge >= 0.3 is 12.1 Å². The van der Waals surface area contributed by atoms with E-state index in [1.54, 1.807) is 0 Å². The molecule has 3 nitrogen and oxygen atoms in total. The van der Waals surface area contributed by atoms with Gasteiger partial charge in [-0.25, -0.2) is 0 Å². The second-order valence-electron chi connectivity index (χ2n) is 3.85. The lowest BCUT2D eigenvalue weighted by atomic mass is 9.94. The van der Waals surface area contributed by atoms with Crippen LogP contribution in [0.1, 0.15) is 26.2 Å². The van der Waals surface area contributed by atoms with Gasteiger partial charge < -0.3 is 4.74 Å². The number of methoxy groups -OCH3 is 1. The molecule has 17 heavy (non-hydrogen) atoms. The minimum absolute atomic E-state index is 0.0147. The van der Waals surface area contributed by atoms with E-state index in [2.05, 4.69) is 16.0 Å². The summed E-state index contributed by atoms with van der Waals surface area (Å²) in [6.07, 6.45) is -0.267. The van der Waals surface area contributed by atoms with Gasteiger partial charge in [-0.3, -0.25) is 10.1 Å². The molecule has 0 bridgehead atoms. The molecule has 98 valence electrons. The summed E-state index contributed by atoms with van der Waals surface area (Å²) in [6.45, 7) is 1.57. The molecule has 1 atom stereocenters. The zero-order valence-electron chi connectivity index (χ0n) is 9.86. The fourth-order valence-electron chi connectivity index (χ4n) is 1.38. The molecule has 0 aliphatic heterocycles. The highest BCUT2D eigenvalue weighted by molar-refractivity contribution is 5.80. The van der Waals surface area contributed by atoms with Crippen LogP contribution in [-0.4, -0.2) is 31.3 Å². The number of terminal acetylenes is 1. The first-order valence-corrected chi connectivity index (χ1v) is 5.09. The maximum atomic E-state index is 12.0. The lowest BCUT2D eigenvalue weighted by molar-refractivity contribution is -0.150. The van der Waals surface area contributed by atoms with Crippen LogP contribution in [-0.2, 0) is 9.53 Å². The van der Waals surface area contributed by atoms with Crippen LogP contribution < -0.4 is 5.32 Å². The Bertz CT molecular complexity index is 296. The van der Waals surface area contributed by atoms with E-state index in [1.807, 2.05) is 0 Å². The Morgan fingerprint density at radius 2 is 2.00 bits per heavy atom. The van der Waals surface area contributed by atoms with Crippen molar-refractivity contribution < 1.29 is 22.7 Å². The molecule has 6 heteroatoms. The number of alkyl halides is 3. The van der Waals surface area contributed by atoms with Crippen molar-refractivity contribution in [3.05, 3.63) is 0 Å². The van der Waals surface area contributed by atoms with Crippen molar-refractivity contribution >= 4 is 5.97 Å². The van der Waals surface area contributed by atoms with Gasteiger partial charge in [0.1, 0.15) is 5.54 Å². The molecular weight excluding hydrogens is 235 g/mol. The van der Waals surface area contributed by atoms with Gasteiger partial charge in [-0.1, -0.05) is 5.92 Å². The Morgan fingerprint density at radius 1 is 1.41 bits per heavy atom. The first-order valence-electron chi connectivity index (χ1n) is 5.09. The minimum atomic E-state index is -4.22. The molecule has 0 aromatic carbocycles. The number of rotatable bonds is 6. The molecule has 0 amide bonds. The van der Waals surface area contributed by atoms with Crippen LogP contribution >= 0.6 is 0 Å². The van der Waals surface area contributed by atoms with E-state index >= 15 is 0 Å². The lowest BCUT2D eigenvalue weighted by Crippen LogP contribution is -2.50. The predicted molar refractivity (Wildman–Crippen MR) is 57.2 cm³/mol. The molecule has 0 spiro atoms. The molecular formula is C11H16F3NO2. The summed E-state index contributed by atoms with van der Waals surface area (Å²) < 4.78 is 40.5. The van der Waals surface area contributed by atoms with E-state index in [0.717, 1.165) is 0 Å². The van der Waals surface area contributed by atoms with Gasteiger partial charge in [0.25, 0.3) is 0 Å². The normalized spacial score (nSPS) is 14.8. The van der Waals surface area contributed by atoms with Gasteiger partial charge in [-0.05, 0) is 19.8 Å². The third-order valence-corrected chi connectivity index (χ3v) is 2.35. The monoisotopic (exact) mass is 251 g/mol. The first kappa shape index (κ1) is 15.8. The summed E-state index contributed by atoms with van der Waals surface area (Å²) in [6, 6.07) is 0. The van der Waals surface area contributed by atoms with E-state index in [9.17, 15) is 18.0 Å². The topological polar surface area (TPSA) is 38.3 Å². The second-order valence-corrected chi connectivity index (χ2v) is 3.85. The van der Waals surface area contributed by atoms with Gasteiger partial charge in [-0.15, -0.1) is 6.42 Å². The Hall–Kier alpha value is -1.22. The highest BCUT2D eigenvalue weighted by atomic mass is 19.4. The third kappa shape index (κ3) is 6.17. The molecule has 0 aliphatic rings. The molecule has 0 saturated carbocycles. The molecule has 0 aromatic heterocycles. The van der Waals surface area contributed by atoms with Crippen molar-refractivity contribution in [2.75, 3.05) is 13.7 Å². The average molecular weight is 251 g/mol. The zero-order chi connectivity index (χ0) is 13.5. The quantitative estimate of drug-likeness (QED) is 0.578. The number of carbonyl (C=O) groups is 1. The van der Waals surface area contributed by atoms with Crippen molar-refractivity contribution in [2.45, 2.75) is 37.9 Å². The van der Waals surface area contributed by atoms with Gasteiger partial charge in [0.15, 0.2) is 0 Å². The first-order chi connectivity index (χ1) is 7.75. The van der Waals surface area contributed by atoms with Crippen molar-refractivity contribution in [2.24, 2.45) is 0 Å². The van der Waals surface area contributed by atoms with E-state index in [-0.39, 0.29) is 19.4 Å². The Labute approximate surface area is 98.7 Å². The number of carbonyl (C=O) groups excluding carboxylic acids is 1. The van der Waals surface area contributed by atoms with Crippen LogP contribution in [0.2, 0.25) is 0 Å².